The van der Waals surface area contributed by atoms with Gasteiger partial charge in [-0.15, -0.1) is 0 Å². The van der Waals surface area contributed by atoms with E-state index in [2.05, 4.69) is 10.3 Å². The topological polar surface area (TPSA) is 106 Å². The van der Waals surface area contributed by atoms with Gasteiger partial charge in [-0.3, -0.25) is 9.59 Å². The van der Waals surface area contributed by atoms with Crippen molar-refractivity contribution < 1.29 is 23.8 Å². The first-order valence-electron chi connectivity index (χ1n) is 10.8. The quantitative estimate of drug-likeness (QED) is 0.571. The normalized spacial score (nSPS) is 14.2. The number of imidazole rings is 1. The van der Waals surface area contributed by atoms with Crippen molar-refractivity contribution in [2.75, 3.05) is 41.0 Å². The smallest absolute Gasteiger partial charge is 0.251 e. The molecule has 1 fully saturated rings. The number of aromatic amines is 1. The van der Waals surface area contributed by atoms with Crippen LogP contribution in [0.25, 0.3) is 11.0 Å². The summed E-state index contributed by atoms with van der Waals surface area (Å²) >= 11 is 0. The number of aromatic nitrogens is 2. The fourth-order valence-corrected chi connectivity index (χ4v) is 4.15. The van der Waals surface area contributed by atoms with Crippen molar-refractivity contribution in [1.29, 1.82) is 0 Å². The summed E-state index contributed by atoms with van der Waals surface area (Å²) in [6.07, 6.45) is 1.65. The predicted octanol–water partition coefficient (Wildman–Crippen LogP) is 2.72. The maximum Gasteiger partial charge on any atom is 0.251 e. The summed E-state index contributed by atoms with van der Waals surface area (Å²) in [5.41, 5.74) is 2.31. The lowest BCUT2D eigenvalue weighted by molar-refractivity contribution is -0.131. The summed E-state index contributed by atoms with van der Waals surface area (Å²) in [6, 6.07) is 11.1. The molecule has 0 radical (unpaired) electrons. The monoisotopic (exact) mass is 452 g/mol. The number of nitrogens with zero attached hydrogens (tertiary/aromatic N) is 2. The van der Waals surface area contributed by atoms with Crippen LogP contribution in [0, 0.1) is 0 Å². The van der Waals surface area contributed by atoms with Gasteiger partial charge in [-0.05, 0) is 37.1 Å². The second kappa shape index (κ2) is 9.81. The number of rotatable bonds is 7. The molecule has 2 amide bonds. The number of nitrogens with one attached hydrogen (secondary N) is 2. The number of para-hydroxylation sites is 2. The third-order valence-electron chi connectivity index (χ3n) is 5.97. The summed E-state index contributed by atoms with van der Waals surface area (Å²) < 4.78 is 15.9. The molecule has 1 saturated heterocycles. The summed E-state index contributed by atoms with van der Waals surface area (Å²) in [4.78, 5) is 35.2. The third-order valence-corrected chi connectivity index (χ3v) is 5.97. The van der Waals surface area contributed by atoms with Gasteiger partial charge in [0, 0.05) is 24.6 Å². The second-order valence-electron chi connectivity index (χ2n) is 7.89. The van der Waals surface area contributed by atoms with Crippen LogP contribution in [-0.2, 0) is 4.79 Å². The van der Waals surface area contributed by atoms with E-state index in [-0.39, 0.29) is 24.3 Å². The molecule has 0 bridgehead atoms. The highest BCUT2D eigenvalue weighted by atomic mass is 16.5. The molecular weight excluding hydrogens is 424 g/mol. The van der Waals surface area contributed by atoms with E-state index in [4.69, 9.17) is 19.2 Å². The zero-order chi connectivity index (χ0) is 23.4. The van der Waals surface area contributed by atoms with Gasteiger partial charge in [0.1, 0.15) is 5.82 Å². The highest BCUT2D eigenvalue weighted by Crippen LogP contribution is 2.38. The fraction of sp³-hybridized carbons (Fsp3) is 0.375. The van der Waals surface area contributed by atoms with E-state index in [0.29, 0.717) is 35.9 Å². The molecule has 1 aliphatic heterocycles. The molecule has 2 N–H and O–H groups in total. The number of H-pyrrole nitrogens is 1. The van der Waals surface area contributed by atoms with Crippen molar-refractivity contribution in [1.82, 2.24) is 20.2 Å². The van der Waals surface area contributed by atoms with E-state index in [1.54, 1.807) is 17.0 Å². The van der Waals surface area contributed by atoms with Crippen LogP contribution >= 0.6 is 0 Å². The van der Waals surface area contributed by atoms with E-state index in [0.717, 1.165) is 29.7 Å². The predicted molar refractivity (Wildman–Crippen MR) is 123 cm³/mol. The molecule has 0 saturated carbocycles. The van der Waals surface area contributed by atoms with Crippen LogP contribution in [0.1, 0.15) is 34.9 Å². The Hall–Kier alpha value is -3.75. The molecule has 0 aliphatic carbocycles. The fourth-order valence-electron chi connectivity index (χ4n) is 4.15. The maximum absolute atomic E-state index is 12.7. The number of hydrogen-bond donors (Lipinski definition) is 2. The van der Waals surface area contributed by atoms with Crippen molar-refractivity contribution in [3.63, 3.8) is 0 Å². The summed E-state index contributed by atoms with van der Waals surface area (Å²) in [5, 5.41) is 2.70. The number of benzene rings is 2. The molecule has 1 aromatic heterocycles. The second-order valence-corrected chi connectivity index (χ2v) is 7.89. The van der Waals surface area contributed by atoms with Crippen molar-refractivity contribution in [3.05, 3.63) is 47.8 Å². The van der Waals surface area contributed by atoms with Crippen molar-refractivity contribution in [2.24, 2.45) is 0 Å². The number of amides is 2. The number of carbonyl (C=O) groups excluding carboxylic acids is 2. The van der Waals surface area contributed by atoms with Crippen LogP contribution in [0.5, 0.6) is 17.2 Å². The SMILES string of the molecule is COc1cc(C(=O)NCC(=O)N2CCC(c3nc4ccccc4[nH]3)CC2)cc(OC)c1OC. The highest BCUT2D eigenvalue weighted by Gasteiger charge is 2.26. The lowest BCUT2D eigenvalue weighted by atomic mass is 9.96. The third kappa shape index (κ3) is 4.72. The number of hydrogen-bond acceptors (Lipinski definition) is 6. The van der Waals surface area contributed by atoms with Crippen LogP contribution in [0.3, 0.4) is 0 Å². The lowest BCUT2D eigenvalue weighted by Gasteiger charge is -2.31. The van der Waals surface area contributed by atoms with Gasteiger partial charge in [0.2, 0.25) is 11.7 Å². The first kappa shape index (κ1) is 22.4. The molecule has 3 aromatic rings. The van der Waals surface area contributed by atoms with Gasteiger partial charge in [0.05, 0.1) is 38.9 Å². The minimum atomic E-state index is -0.389. The van der Waals surface area contributed by atoms with Crippen molar-refractivity contribution >= 4 is 22.8 Å². The number of piperidine rings is 1. The van der Waals surface area contributed by atoms with Crippen LogP contribution in [-0.4, -0.2) is 67.6 Å². The standard InChI is InChI=1S/C24H28N4O5/c1-31-19-12-16(13-20(32-2)22(19)33-3)24(30)25-14-21(29)28-10-8-15(9-11-28)23-26-17-6-4-5-7-18(17)27-23/h4-7,12-13,15H,8-11,14H2,1-3H3,(H,25,30)(H,26,27). The van der Waals surface area contributed by atoms with Gasteiger partial charge in [0.15, 0.2) is 11.5 Å². The van der Waals surface area contributed by atoms with Crippen molar-refractivity contribution in [3.8, 4) is 17.2 Å². The maximum atomic E-state index is 12.7. The molecule has 0 spiro atoms. The number of methoxy groups -OCH3 is 3. The van der Waals surface area contributed by atoms with Gasteiger partial charge in [-0.2, -0.15) is 0 Å². The Morgan fingerprint density at radius 3 is 2.33 bits per heavy atom. The number of ether oxygens (including phenoxy) is 3. The average Bonchev–Trinajstić information content (AvgIpc) is 3.30. The molecule has 4 rings (SSSR count). The molecule has 33 heavy (non-hydrogen) atoms. The lowest BCUT2D eigenvalue weighted by Crippen LogP contribution is -2.43. The molecule has 174 valence electrons. The Labute approximate surface area is 192 Å². The van der Waals surface area contributed by atoms with Crippen LogP contribution in [0.4, 0.5) is 0 Å². The molecule has 9 heteroatoms. The first-order chi connectivity index (χ1) is 16.0. The Balaban J connectivity index is 1.32. The minimum absolute atomic E-state index is 0.0786. The van der Waals surface area contributed by atoms with E-state index in [1.807, 2.05) is 24.3 Å². The Morgan fingerprint density at radius 2 is 1.73 bits per heavy atom. The molecule has 9 nitrogen and oxygen atoms in total. The molecule has 0 unspecified atom stereocenters. The van der Waals surface area contributed by atoms with E-state index >= 15 is 0 Å². The molecule has 1 aliphatic rings. The number of likely N-dealkylation sites (tertiary alicyclic amines) is 1. The van der Waals surface area contributed by atoms with Gasteiger partial charge >= 0.3 is 0 Å². The Bertz CT molecular complexity index is 1090. The average molecular weight is 453 g/mol. The summed E-state index contributed by atoms with van der Waals surface area (Å²) in [5.74, 6) is 1.91. The summed E-state index contributed by atoms with van der Waals surface area (Å²) in [7, 11) is 4.46. The molecule has 2 aromatic carbocycles. The van der Waals surface area contributed by atoms with Gasteiger partial charge in [0.25, 0.3) is 5.91 Å². The van der Waals surface area contributed by atoms with Gasteiger partial charge in [-0.1, -0.05) is 12.1 Å². The number of fused-ring (bicyclic) bond motifs is 1. The van der Waals surface area contributed by atoms with Crippen LogP contribution < -0.4 is 19.5 Å². The van der Waals surface area contributed by atoms with Crippen LogP contribution in [0.2, 0.25) is 0 Å². The van der Waals surface area contributed by atoms with E-state index in [9.17, 15) is 9.59 Å². The zero-order valence-electron chi connectivity index (χ0n) is 19.0. The molecule has 0 atom stereocenters. The zero-order valence-corrected chi connectivity index (χ0v) is 19.0. The Morgan fingerprint density at radius 1 is 1.06 bits per heavy atom. The minimum Gasteiger partial charge on any atom is -0.493 e. The highest BCUT2D eigenvalue weighted by molar-refractivity contribution is 5.97. The van der Waals surface area contributed by atoms with E-state index < -0.39 is 0 Å². The first-order valence-corrected chi connectivity index (χ1v) is 10.8. The largest absolute Gasteiger partial charge is 0.493 e. The Kier molecular flexibility index (Phi) is 6.67. The molecular formula is C24H28N4O5. The summed E-state index contributed by atoms with van der Waals surface area (Å²) in [6.45, 7) is 1.17. The number of carbonyl (C=O) groups is 2. The van der Waals surface area contributed by atoms with Gasteiger partial charge < -0.3 is 29.4 Å². The van der Waals surface area contributed by atoms with Crippen molar-refractivity contribution in [2.45, 2.75) is 18.8 Å². The van der Waals surface area contributed by atoms with E-state index in [1.165, 1.54) is 21.3 Å². The van der Waals surface area contributed by atoms with Gasteiger partial charge in [-0.25, -0.2) is 4.98 Å². The molecule has 2 heterocycles. The van der Waals surface area contributed by atoms with Crippen LogP contribution in [0.15, 0.2) is 36.4 Å².